The summed E-state index contributed by atoms with van der Waals surface area (Å²) in [7, 11) is 0. The molecule has 11 nitrogen and oxygen atoms in total. The van der Waals surface area contributed by atoms with Crippen LogP contribution in [0.15, 0.2) is 60.2 Å². The normalized spacial score (nSPS) is 14.3. The fourth-order valence-corrected chi connectivity index (χ4v) is 4.73. The van der Waals surface area contributed by atoms with E-state index in [0.29, 0.717) is 38.7 Å². The lowest BCUT2D eigenvalue weighted by Crippen LogP contribution is -2.35. The van der Waals surface area contributed by atoms with Gasteiger partial charge >= 0.3 is 6.55 Å². The van der Waals surface area contributed by atoms with Crippen LogP contribution in [0.2, 0.25) is 5.02 Å². The number of benzene rings is 1. The number of halogens is 4. The van der Waals surface area contributed by atoms with Crippen molar-refractivity contribution in [2.24, 2.45) is 5.92 Å². The largest absolute Gasteiger partial charge is 0.618 e. The minimum absolute atomic E-state index is 0.0311. The van der Waals surface area contributed by atoms with Crippen LogP contribution in [0.1, 0.15) is 37.5 Å². The summed E-state index contributed by atoms with van der Waals surface area (Å²) in [5.74, 6) is -0.355. The molecule has 0 saturated heterocycles. The second-order valence-corrected chi connectivity index (χ2v) is 9.66. The molecule has 200 valence electrons. The number of alkyl halides is 2. The van der Waals surface area contributed by atoms with E-state index in [1.165, 1.54) is 29.5 Å². The van der Waals surface area contributed by atoms with Crippen LogP contribution in [0, 0.1) is 16.9 Å². The topological polar surface area (TPSA) is 126 Å². The number of aromatic amines is 1. The highest BCUT2D eigenvalue weighted by Crippen LogP contribution is 2.39. The van der Waals surface area contributed by atoms with Crippen LogP contribution >= 0.6 is 11.6 Å². The van der Waals surface area contributed by atoms with Crippen molar-refractivity contribution >= 4 is 11.6 Å². The number of aromatic nitrogens is 9. The van der Waals surface area contributed by atoms with Crippen molar-refractivity contribution in [2.45, 2.75) is 31.9 Å². The van der Waals surface area contributed by atoms with Crippen molar-refractivity contribution in [3.8, 4) is 27.9 Å². The highest BCUT2D eigenvalue weighted by molar-refractivity contribution is 6.31. The Bertz CT molecular complexity index is 1710. The molecule has 1 aromatic carbocycles. The summed E-state index contributed by atoms with van der Waals surface area (Å²) in [6.07, 6.45) is 9.11. The lowest BCUT2D eigenvalue weighted by atomic mass is 10.0. The number of rotatable bonds is 8. The number of hydrogen-bond donors (Lipinski definition) is 1. The van der Waals surface area contributed by atoms with Gasteiger partial charge in [-0.3, -0.25) is 14.6 Å². The van der Waals surface area contributed by atoms with E-state index in [9.17, 15) is 18.8 Å². The van der Waals surface area contributed by atoms with Gasteiger partial charge in [-0.25, -0.2) is 9.07 Å². The number of nitrogens with one attached hydrogen (secondary N) is 1. The van der Waals surface area contributed by atoms with Crippen LogP contribution in [0.25, 0.3) is 27.9 Å². The van der Waals surface area contributed by atoms with E-state index in [1.807, 2.05) is 0 Å². The zero-order valence-corrected chi connectivity index (χ0v) is 20.7. The number of hydrogen-bond acceptors (Lipinski definition) is 6. The Morgan fingerprint density at radius 1 is 1.18 bits per heavy atom. The monoisotopic (exact) mass is 557 g/mol. The Labute approximate surface area is 222 Å². The van der Waals surface area contributed by atoms with Gasteiger partial charge in [0.05, 0.1) is 33.6 Å². The van der Waals surface area contributed by atoms with Gasteiger partial charge in [0.2, 0.25) is 5.69 Å². The molecule has 1 unspecified atom stereocenters. The highest BCUT2D eigenvalue weighted by atomic mass is 35.5. The first-order valence-electron chi connectivity index (χ1n) is 11.9. The average Bonchev–Trinajstić information content (AvgIpc) is 3.28. The van der Waals surface area contributed by atoms with Crippen LogP contribution in [-0.4, -0.2) is 39.8 Å². The van der Waals surface area contributed by atoms with Crippen LogP contribution in [0.3, 0.4) is 0 Å². The molecule has 4 heterocycles. The molecule has 0 spiro atoms. The fourth-order valence-electron chi connectivity index (χ4n) is 4.58. The van der Waals surface area contributed by atoms with Crippen molar-refractivity contribution in [2.75, 3.05) is 0 Å². The molecule has 6 rings (SSSR count). The summed E-state index contributed by atoms with van der Waals surface area (Å²) < 4.78 is 45.1. The molecular formula is C24H19ClF3N9O2. The lowest BCUT2D eigenvalue weighted by Gasteiger charge is -2.18. The van der Waals surface area contributed by atoms with Crippen LogP contribution < -0.4 is 10.3 Å². The zero-order valence-electron chi connectivity index (χ0n) is 20.0. The minimum atomic E-state index is -2.90. The quantitative estimate of drug-likeness (QED) is 0.228. The first kappa shape index (κ1) is 24.9. The van der Waals surface area contributed by atoms with Crippen molar-refractivity contribution in [3.63, 3.8) is 0 Å². The van der Waals surface area contributed by atoms with Gasteiger partial charge < -0.3 is 5.21 Å². The molecule has 1 saturated carbocycles. The van der Waals surface area contributed by atoms with Crippen molar-refractivity contribution < 1.29 is 17.9 Å². The molecule has 39 heavy (non-hydrogen) atoms. The third-order valence-electron chi connectivity index (χ3n) is 6.68. The Hall–Kier alpha value is -4.46. The van der Waals surface area contributed by atoms with Gasteiger partial charge in [-0.15, -0.1) is 5.10 Å². The van der Waals surface area contributed by atoms with E-state index in [-0.39, 0.29) is 21.7 Å². The van der Waals surface area contributed by atoms with Gasteiger partial charge in [-0.05, 0) is 41.0 Å². The minimum Gasteiger partial charge on any atom is -0.618 e. The third kappa shape index (κ3) is 4.67. The predicted molar refractivity (Wildman–Crippen MR) is 132 cm³/mol. The molecule has 1 aliphatic rings. The van der Waals surface area contributed by atoms with E-state index in [0.717, 1.165) is 19.0 Å². The second kappa shape index (κ2) is 9.69. The van der Waals surface area contributed by atoms with Crippen molar-refractivity contribution in [1.82, 2.24) is 39.8 Å². The maximum absolute atomic E-state index is 15.2. The van der Waals surface area contributed by atoms with Crippen molar-refractivity contribution in [1.29, 1.82) is 0 Å². The molecule has 1 atom stereocenters. The third-order valence-corrected chi connectivity index (χ3v) is 6.97. The van der Waals surface area contributed by atoms with E-state index in [1.54, 1.807) is 29.1 Å². The van der Waals surface area contributed by atoms with E-state index >= 15 is 4.39 Å². The Balaban J connectivity index is 1.39. The van der Waals surface area contributed by atoms with Gasteiger partial charge in [-0.2, -0.15) is 23.3 Å². The predicted octanol–water partition coefficient (Wildman–Crippen LogP) is 3.89. The number of H-pyrrole nitrogens is 1. The summed E-state index contributed by atoms with van der Waals surface area (Å²) in [4.78, 5) is 12.2. The van der Waals surface area contributed by atoms with E-state index in [2.05, 4.69) is 25.7 Å². The lowest BCUT2D eigenvalue weighted by molar-refractivity contribution is -0.615. The molecule has 0 amide bonds. The maximum atomic E-state index is 15.2. The highest BCUT2D eigenvalue weighted by Gasteiger charge is 2.32. The van der Waals surface area contributed by atoms with E-state index in [4.69, 9.17) is 11.6 Å². The van der Waals surface area contributed by atoms with Gasteiger partial charge in [0.1, 0.15) is 12.4 Å². The van der Waals surface area contributed by atoms with Crippen LogP contribution in [-0.2, 0) is 0 Å². The van der Waals surface area contributed by atoms with Crippen LogP contribution in [0.5, 0.6) is 0 Å². The Morgan fingerprint density at radius 2 is 2.00 bits per heavy atom. The smallest absolute Gasteiger partial charge is 0.331 e. The molecule has 1 N–H and O–H groups in total. The summed E-state index contributed by atoms with van der Waals surface area (Å²) in [6.45, 7) is -2.90. The molecule has 5 aromatic rings. The second-order valence-electron chi connectivity index (χ2n) is 9.25. The molecule has 15 heteroatoms. The van der Waals surface area contributed by atoms with Crippen molar-refractivity contribution in [3.05, 3.63) is 87.5 Å². The van der Waals surface area contributed by atoms with Gasteiger partial charge in [0, 0.05) is 24.0 Å². The first-order chi connectivity index (χ1) is 18.8. The summed E-state index contributed by atoms with van der Waals surface area (Å²) in [6, 6.07) is 5.59. The fraction of sp³-hybridized carbons (Fsp3) is 0.250. The zero-order chi connectivity index (χ0) is 27.3. The van der Waals surface area contributed by atoms with Gasteiger partial charge in [0.25, 0.3) is 5.56 Å². The Morgan fingerprint density at radius 3 is 2.67 bits per heavy atom. The number of pyridine rings is 1. The van der Waals surface area contributed by atoms with Crippen LogP contribution in [0.4, 0.5) is 13.2 Å². The summed E-state index contributed by atoms with van der Waals surface area (Å²) in [5, 5.41) is 30.7. The first-order valence-corrected chi connectivity index (χ1v) is 12.3. The Kier molecular flexibility index (Phi) is 6.17. The number of tetrazole rings is 1. The molecule has 1 fully saturated rings. The molecule has 1 aliphatic carbocycles. The molecular weight excluding hydrogens is 539 g/mol. The van der Waals surface area contributed by atoms with E-state index < -0.39 is 24.0 Å². The standard InChI is InChI=1S/C24H19ClF3N9O2/c25-17-4-6-19(36-12-29-32-33-36)21(22(17)26)14-3-5-18(37(39)10-14)20(7-13-1-2-13)34-9-15(8-30-34)16-11-35(24(27)28)31-23(16)38/h3-6,8-13,20,24H,1-2,7H2,(H,31,38). The molecule has 4 aromatic heterocycles. The molecule has 0 bridgehead atoms. The molecule has 0 aliphatic heterocycles. The van der Waals surface area contributed by atoms with Gasteiger partial charge in [-0.1, -0.05) is 24.4 Å². The summed E-state index contributed by atoms with van der Waals surface area (Å²) >= 11 is 6.05. The SMILES string of the molecule is O=c1[nH]n(C(F)F)cc1-c1cnn(C(CC2CC2)c2ccc(-c3c(-n4cnnn4)ccc(Cl)c3F)c[n+]2[O-])c1. The summed E-state index contributed by atoms with van der Waals surface area (Å²) in [5.41, 5.74) is 0.618. The van der Waals surface area contributed by atoms with Gasteiger partial charge in [0.15, 0.2) is 12.0 Å². The molecule has 0 radical (unpaired) electrons. The number of nitrogens with zero attached hydrogens (tertiary/aromatic N) is 8. The average molecular weight is 558 g/mol. The maximum Gasteiger partial charge on any atom is 0.331 e.